The number of rotatable bonds is 4. The van der Waals surface area contributed by atoms with Crippen molar-refractivity contribution in [2.45, 2.75) is 32.2 Å². The van der Waals surface area contributed by atoms with Crippen LogP contribution in [0.5, 0.6) is 0 Å². The summed E-state index contributed by atoms with van der Waals surface area (Å²) in [6, 6.07) is 5.87. The number of piperidine rings is 1. The molecular formula is C24H26N8O. The Labute approximate surface area is 191 Å². The highest BCUT2D eigenvalue weighted by Gasteiger charge is 2.40. The fraction of sp³-hybridized carbons (Fsp3) is 0.292. The number of nitrogens with zero attached hydrogens (tertiary/aromatic N) is 6. The standard InChI is InChI=1S/C24H26N8O/c1-15-5-7-26-12-18(15)20-9-16-10-21(27-13-19(16)22(25)30-20)29-17-11-28-32(14-17)24(2)6-4-8-31(3)23(24)33/h5,7,9-14H,4,6,8H2,1-3H3,(H2,25,30)(H,27,29)/t24-/m0/s1. The van der Waals surface area contributed by atoms with E-state index >= 15 is 0 Å². The molecular weight excluding hydrogens is 416 g/mol. The van der Waals surface area contributed by atoms with E-state index < -0.39 is 5.54 Å². The molecule has 0 unspecified atom stereocenters. The van der Waals surface area contributed by atoms with Crippen LogP contribution < -0.4 is 11.1 Å². The number of amides is 1. The van der Waals surface area contributed by atoms with Crippen LogP contribution in [0.25, 0.3) is 22.0 Å². The van der Waals surface area contributed by atoms with Gasteiger partial charge in [0.1, 0.15) is 17.2 Å². The van der Waals surface area contributed by atoms with E-state index in [1.165, 1.54) is 0 Å². The number of nitrogen functional groups attached to an aromatic ring is 1. The fourth-order valence-corrected chi connectivity index (χ4v) is 4.41. The number of fused-ring (bicyclic) bond motifs is 1. The molecule has 5 rings (SSSR count). The molecule has 1 fully saturated rings. The number of carbonyl (C=O) groups is 1. The molecule has 1 atom stereocenters. The minimum absolute atomic E-state index is 0.0772. The second kappa shape index (κ2) is 7.84. The Hall–Kier alpha value is -4.01. The highest BCUT2D eigenvalue weighted by atomic mass is 16.2. The van der Waals surface area contributed by atoms with Crippen LogP contribution in [0.1, 0.15) is 25.3 Å². The van der Waals surface area contributed by atoms with Crippen LogP contribution in [0.2, 0.25) is 0 Å². The fourth-order valence-electron chi connectivity index (χ4n) is 4.41. The van der Waals surface area contributed by atoms with Crippen molar-refractivity contribution in [1.29, 1.82) is 0 Å². The Morgan fingerprint density at radius 3 is 2.88 bits per heavy atom. The van der Waals surface area contributed by atoms with Crippen molar-refractivity contribution >= 4 is 34.0 Å². The van der Waals surface area contributed by atoms with Gasteiger partial charge in [0.2, 0.25) is 5.91 Å². The van der Waals surface area contributed by atoms with Crippen LogP contribution in [0.3, 0.4) is 0 Å². The summed E-state index contributed by atoms with van der Waals surface area (Å²) >= 11 is 0. The molecule has 0 saturated carbocycles. The molecule has 1 aliphatic rings. The van der Waals surface area contributed by atoms with Gasteiger partial charge in [0.15, 0.2) is 0 Å². The number of pyridine rings is 3. The number of hydrogen-bond donors (Lipinski definition) is 2. The molecule has 5 heterocycles. The molecule has 1 aliphatic heterocycles. The predicted molar refractivity (Wildman–Crippen MR) is 128 cm³/mol. The van der Waals surface area contributed by atoms with E-state index in [1.807, 2.05) is 45.3 Å². The Morgan fingerprint density at radius 2 is 2.06 bits per heavy atom. The van der Waals surface area contributed by atoms with Crippen LogP contribution in [0.4, 0.5) is 17.3 Å². The predicted octanol–water partition coefficient (Wildman–Crippen LogP) is 3.49. The number of nitrogens with one attached hydrogen (secondary N) is 1. The smallest absolute Gasteiger partial charge is 0.250 e. The van der Waals surface area contributed by atoms with Crippen LogP contribution in [-0.4, -0.2) is 49.1 Å². The van der Waals surface area contributed by atoms with Gasteiger partial charge in [-0.3, -0.25) is 14.5 Å². The molecule has 4 aromatic heterocycles. The SMILES string of the molecule is Cc1ccncc1-c1cc2cc(Nc3cnn([C@@]4(C)CCCN(C)C4=O)c3)ncc2c(N)n1. The van der Waals surface area contributed by atoms with Gasteiger partial charge in [0.25, 0.3) is 0 Å². The third kappa shape index (κ3) is 3.65. The van der Waals surface area contributed by atoms with Crippen molar-refractivity contribution in [1.82, 2.24) is 29.6 Å². The van der Waals surface area contributed by atoms with E-state index in [2.05, 4.69) is 25.4 Å². The van der Waals surface area contributed by atoms with Gasteiger partial charge in [-0.25, -0.2) is 9.97 Å². The molecule has 0 radical (unpaired) electrons. The summed E-state index contributed by atoms with van der Waals surface area (Å²) in [5.41, 5.74) is 9.09. The lowest BCUT2D eigenvalue weighted by molar-refractivity contribution is -0.142. The second-order valence-corrected chi connectivity index (χ2v) is 8.78. The Bertz CT molecular complexity index is 1360. The first kappa shape index (κ1) is 20.9. The summed E-state index contributed by atoms with van der Waals surface area (Å²) in [5, 5.41) is 9.47. The highest BCUT2D eigenvalue weighted by molar-refractivity contribution is 5.94. The van der Waals surface area contributed by atoms with Crippen LogP contribution in [0.15, 0.2) is 49.2 Å². The monoisotopic (exact) mass is 442 g/mol. The first-order valence-electron chi connectivity index (χ1n) is 10.9. The lowest BCUT2D eigenvalue weighted by Crippen LogP contribution is -2.51. The zero-order valence-corrected chi connectivity index (χ0v) is 18.9. The largest absolute Gasteiger partial charge is 0.383 e. The summed E-state index contributed by atoms with van der Waals surface area (Å²) in [5.74, 6) is 1.15. The van der Waals surface area contributed by atoms with Gasteiger partial charge >= 0.3 is 0 Å². The molecule has 168 valence electrons. The number of likely N-dealkylation sites (tertiary alicyclic amines) is 1. The summed E-state index contributed by atoms with van der Waals surface area (Å²) in [4.78, 5) is 27.8. The third-order valence-corrected chi connectivity index (χ3v) is 6.39. The average Bonchev–Trinajstić information content (AvgIpc) is 3.27. The van der Waals surface area contributed by atoms with Crippen molar-refractivity contribution in [3.05, 3.63) is 54.7 Å². The Morgan fingerprint density at radius 1 is 1.21 bits per heavy atom. The van der Waals surface area contributed by atoms with Crippen LogP contribution in [0, 0.1) is 6.92 Å². The van der Waals surface area contributed by atoms with Gasteiger partial charge in [-0.15, -0.1) is 0 Å². The summed E-state index contributed by atoms with van der Waals surface area (Å²) in [6.07, 6.45) is 10.5. The number of nitrogens with two attached hydrogens (primary N) is 1. The van der Waals surface area contributed by atoms with Gasteiger partial charge in [-0.05, 0) is 55.8 Å². The number of hydrogen-bond acceptors (Lipinski definition) is 7. The minimum Gasteiger partial charge on any atom is -0.383 e. The van der Waals surface area contributed by atoms with Gasteiger partial charge in [0.05, 0.1) is 17.6 Å². The van der Waals surface area contributed by atoms with Gasteiger partial charge in [-0.1, -0.05) is 0 Å². The zero-order valence-electron chi connectivity index (χ0n) is 18.9. The lowest BCUT2D eigenvalue weighted by atomic mass is 9.90. The minimum atomic E-state index is -0.680. The van der Waals surface area contributed by atoms with E-state index in [1.54, 1.807) is 34.4 Å². The topological polar surface area (TPSA) is 115 Å². The van der Waals surface area contributed by atoms with Crippen LogP contribution >= 0.6 is 0 Å². The average molecular weight is 443 g/mol. The van der Waals surface area contributed by atoms with Gasteiger partial charge in [0, 0.05) is 49.3 Å². The van der Waals surface area contributed by atoms with Gasteiger partial charge in [-0.2, -0.15) is 5.10 Å². The van der Waals surface area contributed by atoms with Crippen LogP contribution in [-0.2, 0) is 10.3 Å². The maximum atomic E-state index is 12.8. The molecule has 4 aromatic rings. The van der Waals surface area contributed by atoms with Crippen molar-refractivity contribution in [2.75, 3.05) is 24.6 Å². The van der Waals surface area contributed by atoms with Crippen molar-refractivity contribution in [3.8, 4) is 11.3 Å². The molecule has 1 saturated heterocycles. The third-order valence-electron chi connectivity index (χ3n) is 6.39. The molecule has 1 amide bonds. The Kier molecular flexibility index (Phi) is 4.96. The van der Waals surface area contributed by atoms with Crippen molar-refractivity contribution in [2.24, 2.45) is 0 Å². The number of anilines is 3. The lowest BCUT2D eigenvalue weighted by Gasteiger charge is -2.37. The van der Waals surface area contributed by atoms with E-state index in [0.717, 1.165) is 52.7 Å². The van der Waals surface area contributed by atoms with E-state index in [4.69, 9.17) is 5.73 Å². The number of aromatic nitrogens is 5. The summed E-state index contributed by atoms with van der Waals surface area (Å²) in [7, 11) is 1.84. The maximum absolute atomic E-state index is 12.8. The molecule has 9 nitrogen and oxygen atoms in total. The Balaban J connectivity index is 1.46. The molecule has 0 spiro atoms. The van der Waals surface area contributed by atoms with Crippen molar-refractivity contribution in [3.63, 3.8) is 0 Å². The molecule has 3 N–H and O–H groups in total. The molecule has 9 heteroatoms. The van der Waals surface area contributed by atoms with Gasteiger partial charge < -0.3 is 16.0 Å². The first-order valence-corrected chi connectivity index (χ1v) is 10.9. The van der Waals surface area contributed by atoms with E-state index in [9.17, 15) is 4.79 Å². The second-order valence-electron chi connectivity index (χ2n) is 8.78. The summed E-state index contributed by atoms with van der Waals surface area (Å²) < 4.78 is 1.75. The molecule has 0 aliphatic carbocycles. The van der Waals surface area contributed by atoms with Crippen molar-refractivity contribution < 1.29 is 4.79 Å². The first-order chi connectivity index (χ1) is 15.8. The molecule has 33 heavy (non-hydrogen) atoms. The number of likely N-dealkylation sites (N-methyl/N-ethyl adjacent to an activating group) is 1. The maximum Gasteiger partial charge on any atom is 0.250 e. The van der Waals surface area contributed by atoms with E-state index in [-0.39, 0.29) is 5.91 Å². The summed E-state index contributed by atoms with van der Waals surface area (Å²) in [6.45, 7) is 4.74. The normalized spacial score (nSPS) is 18.6. The quantitative estimate of drug-likeness (QED) is 0.497. The highest BCUT2D eigenvalue weighted by Crippen LogP contribution is 2.31. The number of carbonyl (C=O) groups excluding carboxylic acids is 1. The number of aryl methyl sites for hydroxylation is 1. The zero-order chi connectivity index (χ0) is 23.2. The molecule has 0 bridgehead atoms. The van der Waals surface area contributed by atoms with E-state index in [0.29, 0.717) is 11.6 Å². The molecule has 0 aromatic carbocycles.